The summed E-state index contributed by atoms with van der Waals surface area (Å²) in [6, 6.07) is 5.91. The molecule has 1 rings (SSSR count). The van der Waals surface area contributed by atoms with Crippen molar-refractivity contribution in [3.05, 3.63) is 35.4 Å². The first kappa shape index (κ1) is 27.5. The number of alkyl carbamates (subject to hydrolysis) is 1. The van der Waals surface area contributed by atoms with Crippen LogP contribution in [0.4, 0.5) is 4.79 Å². The number of nitrogens with zero attached hydrogens (tertiary/aromatic N) is 1. The molecular weight excluding hydrogens is 406 g/mol. The minimum absolute atomic E-state index is 0.0742. The molecule has 32 heavy (non-hydrogen) atoms. The van der Waals surface area contributed by atoms with Gasteiger partial charge in [-0.25, -0.2) is 4.79 Å². The van der Waals surface area contributed by atoms with Crippen molar-refractivity contribution < 1.29 is 19.1 Å². The number of amides is 3. The Bertz CT molecular complexity index is 766. The topological polar surface area (TPSA) is 87.7 Å². The standard InChI is InChI=1S/C25H41N3O4/c1-10-15-28(23(30)20(16(2)3)27-24(31)32-25(7,8)9)21(22(29)26-17(4)5)19-13-11-18(6)12-14-19/h11-14,16-17,20-21H,10,15H2,1-9H3,(H,26,29)(H,27,31). The molecule has 0 radical (unpaired) electrons. The fourth-order valence-corrected chi connectivity index (χ4v) is 3.32. The number of hydrogen-bond donors (Lipinski definition) is 2. The first-order chi connectivity index (χ1) is 14.8. The first-order valence-electron chi connectivity index (χ1n) is 11.4. The van der Waals surface area contributed by atoms with E-state index in [9.17, 15) is 14.4 Å². The van der Waals surface area contributed by atoms with Gasteiger partial charge in [-0.2, -0.15) is 0 Å². The number of carbonyl (C=O) groups excluding carboxylic acids is 3. The summed E-state index contributed by atoms with van der Waals surface area (Å²) < 4.78 is 5.37. The smallest absolute Gasteiger partial charge is 0.408 e. The second-order valence-corrected chi connectivity index (χ2v) is 9.88. The fourth-order valence-electron chi connectivity index (χ4n) is 3.32. The summed E-state index contributed by atoms with van der Waals surface area (Å²) in [7, 11) is 0. The number of carbonyl (C=O) groups is 3. The van der Waals surface area contributed by atoms with Crippen LogP contribution in [0, 0.1) is 12.8 Å². The highest BCUT2D eigenvalue weighted by Crippen LogP contribution is 2.25. The quantitative estimate of drug-likeness (QED) is 0.589. The minimum atomic E-state index is -0.823. The Hall–Kier alpha value is -2.57. The number of rotatable bonds is 9. The summed E-state index contributed by atoms with van der Waals surface area (Å²) in [5.74, 6) is -0.746. The van der Waals surface area contributed by atoms with Gasteiger partial charge >= 0.3 is 6.09 Å². The van der Waals surface area contributed by atoms with Crippen LogP contribution in [0.15, 0.2) is 24.3 Å². The van der Waals surface area contributed by atoms with Crippen LogP contribution in [0.2, 0.25) is 0 Å². The van der Waals surface area contributed by atoms with E-state index in [2.05, 4.69) is 10.6 Å². The lowest BCUT2D eigenvalue weighted by molar-refractivity contribution is -0.143. The number of benzene rings is 1. The number of nitrogens with one attached hydrogen (secondary N) is 2. The maximum Gasteiger partial charge on any atom is 0.408 e. The van der Waals surface area contributed by atoms with E-state index in [-0.39, 0.29) is 23.8 Å². The molecule has 0 saturated carbocycles. The molecule has 0 fully saturated rings. The van der Waals surface area contributed by atoms with Crippen molar-refractivity contribution in [2.45, 2.75) is 92.5 Å². The fraction of sp³-hybridized carbons (Fsp3) is 0.640. The van der Waals surface area contributed by atoms with Gasteiger partial charge in [0.25, 0.3) is 0 Å². The molecule has 0 heterocycles. The number of aryl methyl sites for hydroxylation is 1. The molecule has 3 amide bonds. The van der Waals surface area contributed by atoms with Gasteiger partial charge in [-0.3, -0.25) is 9.59 Å². The minimum Gasteiger partial charge on any atom is -0.444 e. The summed E-state index contributed by atoms with van der Waals surface area (Å²) in [6.45, 7) is 17.1. The van der Waals surface area contributed by atoms with Crippen molar-refractivity contribution in [3.8, 4) is 0 Å². The molecule has 7 heteroatoms. The lowest BCUT2D eigenvalue weighted by Gasteiger charge is -2.35. The van der Waals surface area contributed by atoms with Gasteiger partial charge in [-0.1, -0.05) is 50.6 Å². The van der Waals surface area contributed by atoms with E-state index in [1.807, 2.05) is 65.8 Å². The van der Waals surface area contributed by atoms with Gasteiger partial charge in [-0.05, 0) is 59.4 Å². The third-order valence-corrected chi connectivity index (χ3v) is 4.74. The third kappa shape index (κ3) is 8.52. The average Bonchev–Trinajstić information content (AvgIpc) is 2.64. The third-order valence-electron chi connectivity index (χ3n) is 4.74. The summed E-state index contributed by atoms with van der Waals surface area (Å²) >= 11 is 0. The van der Waals surface area contributed by atoms with Crippen LogP contribution < -0.4 is 10.6 Å². The van der Waals surface area contributed by atoms with Crippen molar-refractivity contribution in [3.63, 3.8) is 0 Å². The predicted octanol–water partition coefficient (Wildman–Crippen LogP) is 4.35. The molecule has 0 aliphatic carbocycles. The van der Waals surface area contributed by atoms with Gasteiger partial charge in [0, 0.05) is 12.6 Å². The van der Waals surface area contributed by atoms with E-state index in [1.54, 1.807) is 25.7 Å². The van der Waals surface area contributed by atoms with E-state index in [0.29, 0.717) is 13.0 Å². The maximum atomic E-state index is 13.7. The van der Waals surface area contributed by atoms with Gasteiger partial charge in [0.2, 0.25) is 11.8 Å². The zero-order valence-corrected chi connectivity index (χ0v) is 21.1. The van der Waals surface area contributed by atoms with E-state index < -0.39 is 23.8 Å². The monoisotopic (exact) mass is 447 g/mol. The zero-order chi connectivity index (χ0) is 24.6. The second kappa shape index (κ2) is 11.9. The summed E-state index contributed by atoms with van der Waals surface area (Å²) in [6.07, 6.45) is 0.0138. The average molecular weight is 448 g/mol. The van der Waals surface area contributed by atoms with E-state index in [1.165, 1.54) is 0 Å². The molecule has 1 aromatic carbocycles. The Balaban J connectivity index is 3.36. The SMILES string of the molecule is CCCN(C(=O)C(NC(=O)OC(C)(C)C)C(C)C)C(C(=O)NC(C)C)c1ccc(C)cc1. The van der Waals surface area contributed by atoms with Crippen LogP contribution in [0.5, 0.6) is 0 Å². The van der Waals surface area contributed by atoms with Crippen molar-refractivity contribution in [2.24, 2.45) is 5.92 Å². The lowest BCUT2D eigenvalue weighted by atomic mass is 9.98. The van der Waals surface area contributed by atoms with Gasteiger partial charge in [0.05, 0.1) is 0 Å². The summed E-state index contributed by atoms with van der Waals surface area (Å²) in [5.41, 5.74) is 1.12. The molecule has 2 unspecified atom stereocenters. The van der Waals surface area contributed by atoms with Crippen LogP contribution in [0.1, 0.15) is 79.0 Å². The molecule has 2 atom stereocenters. The molecule has 0 aliphatic heterocycles. The highest BCUT2D eigenvalue weighted by molar-refractivity contribution is 5.92. The molecule has 1 aromatic rings. The normalized spacial score (nSPS) is 13.5. The van der Waals surface area contributed by atoms with E-state index in [4.69, 9.17) is 4.74 Å². The van der Waals surface area contributed by atoms with Crippen molar-refractivity contribution in [1.29, 1.82) is 0 Å². The van der Waals surface area contributed by atoms with Gasteiger partial charge in [-0.15, -0.1) is 0 Å². The summed E-state index contributed by atoms with van der Waals surface area (Å²) in [5, 5.41) is 5.67. The van der Waals surface area contributed by atoms with Crippen LogP contribution in [-0.2, 0) is 14.3 Å². The Labute approximate surface area is 193 Å². The molecular formula is C25H41N3O4. The number of hydrogen-bond acceptors (Lipinski definition) is 4. The maximum absolute atomic E-state index is 13.7. The Kier molecular flexibility index (Phi) is 10.2. The molecule has 0 bridgehead atoms. The van der Waals surface area contributed by atoms with E-state index >= 15 is 0 Å². The highest BCUT2D eigenvalue weighted by Gasteiger charge is 2.37. The molecule has 7 nitrogen and oxygen atoms in total. The Morgan fingerprint density at radius 1 is 1.00 bits per heavy atom. The van der Waals surface area contributed by atoms with E-state index in [0.717, 1.165) is 11.1 Å². The predicted molar refractivity (Wildman–Crippen MR) is 127 cm³/mol. The second-order valence-electron chi connectivity index (χ2n) is 9.88. The van der Waals surface area contributed by atoms with Crippen molar-refractivity contribution in [1.82, 2.24) is 15.5 Å². The van der Waals surface area contributed by atoms with Crippen molar-refractivity contribution >= 4 is 17.9 Å². The largest absolute Gasteiger partial charge is 0.444 e. The van der Waals surface area contributed by atoms with Crippen LogP contribution in [0.25, 0.3) is 0 Å². The van der Waals surface area contributed by atoms with Gasteiger partial charge in [0.1, 0.15) is 17.7 Å². The lowest BCUT2D eigenvalue weighted by Crippen LogP contribution is -2.55. The first-order valence-corrected chi connectivity index (χ1v) is 11.4. The molecule has 0 aromatic heterocycles. The van der Waals surface area contributed by atoms with Gasteiger partial charge < -0.3 is 20.3 Å². The molecule has 0 spiro atoms. The van der Waals surface area contributed by atoms with Crippen LogP contribution in [0.3, 0.4) is 0 Å². The molecule has 0 aliphatic rings. The van der Waals surface area contributed by atoms with Crippen LogP contribution >= 0.6 is 0 Å². The van der Waals surface area contributed by atoms with Crippen molar-refractivity contribution in [2.75, 3.05) is 6.54 Å². The Morgan fingerprint density at radius 3 is 2.00 bits per heavy atom. The molecule has 2 N–H and O–H groups in total. The molecule has 180 valence electrons. The van der Waals surface area contributed by atoms with Crippen LogP contribution in [-0.4, -0.2) is 47.0 Å². The highest BCUT2D eigenvalue weighted by atomic mass is 16.6. The van der Waals surface area contributed by atoms with Gasteiger partial charge in [0.15, 0.2) is 0 Å². The number of ether oxygens (including phenoxy) is 1. The zero-order valence-electron chi connectivity index (χ0n) is 21.1. The Morgan fingerprint density at radius 2 is 1.56 bits per heavy atom. The molecule has 0 saturated heterocycles. The summed E-state index contributed by atoms with van der Waals surface area (Å²) in [4.78, 5) is 41.0.